The molecule has 1 saturated carbocycles. The highest BCUT2D eigenvalue weighted by atomic mass is 79.9. The zero-order chi connectivity index (χ0) is 13.1. The van der Waals surface area contributed by atoms with Crippen molar-refractivity contribution in [3.8, 4) is 11.8 Å². The lowest BCUT2D eigenvalue weighted by atomic mass is 10.3. The summed E-state index contributed by atoms with van der Waals surface area (Å²) in [5.41, 5.74) is 1.08. The number of nitrogens with zero attached hydrogens (tertiary/aromatic N) is 2. The summed E-state index contributed by atoms with van der Waals surface area (Å²) < 4.78 is 6.58. The molecule has 1 fully saturated rings. The molecular formula is C14H14BrN3O. The summed E-state index contributed by atoms with van der Waals surface area (Å²) in [6.45, 7) is 0.823. The largest absolute Gasteiger partial charge is 0.424 e. The van der Waals surface area contributed by atoms with Crippen LogP contribution in [-0.2, 0) is 6.54 Å². The second kappa shape index (κ2) is 5.67. The van der Waals surface area contributed by atoms with E-state index < -0.39 is 0 Å². The van der Waals surface area contributed by atoms with Crippen molar-refractivity contribution in [2.45, 2.75) is 25.4 Å². The number of ether oxygens (including phenoxy) is 1. The molecule has 98 valence electrons. The predicted octanol–water partition coefficient (Wildman–Crippen LogP) is 3.28. The van der Waals surface area contributed by atoms with Crippen LogP contribution in [0, 0.1) is 0 Å². The third-order valence-corrected chi connectivity index (χ3v) is 3.41. The van der Waals surface area contributed by atoms with E-state index in [1.807, 2.05) is 24.3 Å². The van der Waals surface area contributed by atoms with Crippen LogP contribution in [0.2, 0.25) is 0 Å². The van der Waals surface area contributed by atoms with Crippen LogP contribution < -0.4 is 10.1 Å². The van der Waals surface area contributed by atoms with Crippen LogP contribution in [0.5, 0.6) is 11.8 Å². The highest BCUT2D eigenvalue weighted by Gasteiger charge is 2.19. The first kappa shape index (κ1) is 12.6. The molecule has 1 N–H and O–H groups in total. The van der Waals surface area contributed by atoms with Crippen LogP contribution in [0.4, 0.5) is 0 Å². The van der Waals surface area contributed by atoms with Crippen LogP contribution >= 0.6 is 15.9 Å². The van der Waals surface area contributed by atoms with Crippen molar-refractivity contribution >= 4 is 15.9 Å². The van der Waals surface area contributed by atoms with Crippen molar-refractivity contribution in [3.63, 3.8) is 0 Å². The Bertz CT molecular complexity index is 538. The summed E-state index contributed by atoms with van der Waals surface area (Å²) in [7, 11) is 0. The molecule has 4 nitrogen and oxygen atoms in total. The lowest BCUT2D eigenvalue weighted by Crippen LogP contribution is -2.15. The third kappa shape index (κ3) is 3.75. The fraction of sp³-hybridized carbons (Fsp3) is 0.286. The Kier molecular flexibility index (Phi) is 3.75. The second-order valence-electron chi connectivity index (χ2n) is 4.59. The lowest BCUT2D eigenvalue weighted by molar-refractivity contribution is 0.440. The minimum atomic E-state index is 0.373. The topological polar surface area (TPSA) is 47.0 Å². The number of halogens is 1. The molecule has 0 saturated heterocycles. The Morgan fingerprint density at radius 3 is 2.47 bits per heavy atom. The molecule has 1 aromatic carbocycles. The molecule has 0 amide bonds. The lowest BCUT2D eigenvalue weighted by Gasteiger charge is -2.05. The second-order valence-corrected chi connectivity index (χ2v) is 5.50. The van der Waals surface area contributed by atoms with Crippen molar-refractivity contribution < 1.29 is 4.74 Å². The van der Waals surface area contributed by atoms with Crippen LogP contribution in [-0.4, -0.2) is 16.0 Å². The quantitative estimate of drug-likeness (QED) is 0.918. The van der Waals surface area contributed by atoms with E-state index >= 15 is 0 Å². The van der Waals surface area contributed by atoms with Crippen molar-refractivity contribution in [1.29, 1.82) is 0 Å². The predicted molar refractivity (Wildman–Crippen MR) is 76.1 cm³/mol. The summed E-state index contributed by atoms with van der Waals surface area (Å²) >= 11 is 3.38. The fourth-order valence-corrected chi connectivity index (χ4v) is 1.91. The number of hydrogen-bond acceptors (Lipinski definition) is 4. The number of nitrogens with one attached hydrogen (secondary N) is 1. The van der Waals surface area contributed by atoms with Gasteiger partial charge in [0.1, 0.15) is 5.75 Å². The van der Waals surface area contributed by atoms with Crippen LogP contribution in [0.3, 0.4) is 0 Å². The van der Waals surface area contributed by atoms with Crippen molar-refractivity contribution in [3.05, 3.63) is 46.7 Å². The summed E-state index contributed by atoms with van der Waals surface area (Å²) in [4.78, 5) is 8.42. The van der Waals surface area contributed by atoms with Gasteiger partial charge in [-0.15, -0.1) is 0 Å². The monoisotopic (exact) mass is 319 g/mol. The Morgan fingerprint density at radius 1 is 1.16 bits per heavy atom. The van der Waals surface area contributed by atoms with Gasteiger partial charge in [0.05, 0.1) is 0 Å². The average Bonchev–Trinajstić information content (AvgIpc) is 3.25. The third-order valence-electron chi connectivity index (χ3n) is 2.88. The minimum Gasteiger partial charge on any atom is -0.424 e. The van der Waals surface area contributed by atoms with E-state index in [1.54, 1.807) is 12.4 Å². The number of rotatable bonds is 5. The smallest absolute Gasteiger partial charge is 0.321 e. The molecule has 0 unspecified atom stereocenters. The van der Waals surface area contributed by atoms with E-state index in [-0.39, 0.29) is 0 Å². The van der Waals surface area contributed by atoms with Gasteiger partial charge in [-0.2, -0.15) is 0 Å². The van der Waals surface area contributed by atoms with Gasteiger partial charge < -0.3 is 10.1 Å². The zero-order valence-corrected chi connectivity index (χ0v) is 11.9. The maximum Gasteiger partial charge on any atom is 0.321 e. The molecule has 0 aliphatic heterocycles. The van der Waals surface area contributed by atoms with E-state index in [4.69, 9.17) is 4.74 Å². The summed E-state index contributed by atoms with van der Waals surface area (Å²) in [5.74, 6) is 0.729. The van der Waals surface area contributed by atoms with Crippen molar-refractivity contribution in [1.82, 2.24) is 15.3 Å². The number of benzene rings is 1. The molecule has 3 rings (SSSR count). The zero-order valence-electron chi connectivity index (χ0n) is 10.3. The highest BCUT2D eigenvalue weighted by Crippen LogP contribution is 2.21. The molecule has 1 heterocycles. The van der Waals surface area contributed by atoms with E-state index in [0.717, 1.165) is 22.3 Å². The fourth-order valence-electron chi connectivity index (χ4n) is 1.64. The molecule has 0 radical (unpaired) electrons. The molecule has 0 atom stereocenters. The van der Waals surface area contributed by atoms with Gasteiger partial charge in [0.15, 0.2) is 0 Å². The molecule has 0 spiro atoms. The van der Waals surface area contributed by atoms with E-state index in [1.165, 1.54) is 12.8 Å². The molecule has 19 heavy (non-hydrogen) atoms. The van der Waals surface area contributed by atoms with Crippen LogP contribution in [0.15, 0.2) is 41.1 Å². The Labute approximate surface area is 120 Å². The molecule has 1 aliphatic carbocycles. The first-order chi connectivity index (χ1) is 9.29. The number of aromatic nitrogens is 2. The van der Waals surface area contributed by atoms with E-state index in [0.29, 0.717) is 12.1 Å². The molecule has 0 bridgehead atoms. The van der Waals surface area contributed by atoms with Gasteiger partial charge in [-0.25, -0.2) is 9.97 Å². The van der Waals surface area contributed by atoms with Gasteiger partial charge in [-0.1, -0.05) is 15.9 Å². The minimum absolute atomic E-state index is 0.373. The summed E-state index contributed by atoms with van der Waals surface area (Å²) in [6, 6.07) is 8.65. The van der Waals surface area contributed by atoms with Gasteiger partial charge >= 0.3 is 6.01 Å². The molecule has 1 aliphatic rings. The number of hydrogen-bond donors (Lipinski definition) is 1. The Balaban J connectivity index is 1.59. The van der Waals surface area contributed by atoms with Gasteiger partial charge in [-0.05, 0) is 37.1 Å². The first-order valence-electron chi connectivity index (χ1n) is 6.27. The van der Waals surface area contributed by atoms with Crippen LogP contribution in [0.25, 0.3) is 0 Å². The van der Waals surface area contributed by atoms with Crippen LogP contribution in [0.1, 0.15) is 18.4 Å². The molecule has 1 aromatic heterocycles. The highest BCUT2D eigenvalue weighted by molar-refractivity contribution is 9.10. The van der Waals surface area contributed by atoms with E-state index in [9.17, 15) is 0 Å². The molecular weight excluding hydrogens is 306 g/mol. The van der Waals surface area contributed by atoms with E-state index in [2.05, 4.69) is 31.2 Å². The van der Waals surface area contributed by atoms with Crippen molar-refractivity contribution in [2.24, 2.45) is 0 Å². The maximum atomic E-state index is 5.56. The normalized spacial score (nSPS) is 14.4. The first-order valence-corrected chi connectivity index (χ1v) is 7.06. The van der Waals surface area contributed by atoms with Gasteiger partial charge in [0.25, 0.3) is 0 Å². The average molecular weight is 320 g/mol. The van der Waals surface area contributed by atoms with Gasteiger partial charge in [0, 0.05) is 35.0 Å². The van der Waals surface area contributed by atoms with Crippen molar-refractivity contribution in [2.75, 3.05) is 0 Å². The van der Waals surface area contributed by atoms with Gasteiger partial charge in [0.2, 0.25) is 0 Å². The standard InChI is InChI=1S/C14H14BrN3O/c15-11-1-5-13(6-2-11)19-14-17-8-10(9-18-14)7-16-12-3-4-12/h1-2,5-6,8-9,12,16H,3-4,7H2. The maximum absolute atomic E-state index is 5.56. The Hall–Kier alpha value is -1.46. The van der Waals surface area contributed by atoms with Gasteiger partial charge in [-0.3, -0.25) is 0 Å². The summed E-state index contributed by atoms with van der Waals surface area (Å²) in [5, 5.41) is 3.42. The SMILES string of the molecule is Brc1ccc(Oc2ncc(CNC3CC3)cn2)cc1. The molecule has 5 heteroatoms. The Morgan fingerprint density at radius 2 is 1.84 bits per heavy atom. The molecule has 2 aromatic rings. The summed E-state index contributed by atoms with van der Waals surface area (Å²) in [6.07, 6.45) is 6.17.